The highest BCUT2D eigenvalue weighted by molar-refractivity contribution is 7.80. The molecule has 0 aliphatic rings. The van der Waals surface area contributed by atoms with Crippen LogP contribution in [0.5, 0.6) is 0 Å². The lowest BCUT2D eigenvalue weighted by Crippen LogP contribution is -1.85. The van der Waals surface area contributed by atoms with Gasteiger partial charge in [0.2, 0.25) is 0 Å². The van der Waals surface area contributed by atoms with E-state index in [-0.39, 0.29) is 0 Å². The first-order valence-corrected chi connectivity index (χ1v) is 6.74. The summed E-state index contributed by atoms with van der Waals surface area (Å²) in [6, 6.07) is 27.1. The molecule has 0 fully saturated rings. The fourth-order valence-corrected chi connectivity index (χ4v) is 2.65. The van der Waals surface area contributed by atoms with Crippen LogP contribution in [0.2, 0.25) is 0 Å². The first-order valence-electron chi connectivity index (χ1n) is 6.29. The van der Waals surface area contributed by atoms with Gasteiger partial charge in [-0.15, -0.1) is 12.6 Å². The highest BCUT2D eigenvalue weighted by Gasteiger charge is 2.07. The second-order valence-electron chi connectivity index (χ2n) is 4.43. The smallest absolute Gasteiger partial charge is 0.0197 e. The molecule has 0 radical (unpaired) electrons. The van der Waals surface area contributed by atoms with Crippen LogP contribution in [0, 0.1) is 0 Å². The number of benzene rings is 3. The van der Waals surface area contributed by atoms with Crippen molar-refractivity contribution in [3.63, 3.8) is 0 Å². The molecule has 3 aromatic carbocycles. The zero-order chi connectivity index (χ0) is 13.1. The number of hydrogen-bond donors (Lipinski definition) is 1. The Morgan fingerprint density at radius 3 is 1.32 bits per heavy atom. The zero-order valence-electron chi connectivity index (χ0n) is 10.5. The van der Waals surface area contributed by atoms with Crippen molar-refractivity contribution in [1.82, 2.24) is 0 Å². The van der Waals surface area contributed by atoms with Gasteiger partial charge >= 0.3 is 0 Å². The van der Waals surface area contributed by atoms with Gasteiger partial charge in [-0.25, -0.2) is 0 Å². The van der Waals surface area contributed by atoms with Crippen LogP contribution in [0.3, 0.4) is 0 Å². The standard InChI is InChI=1S/C18H14S/c19-18-16(14-8-3-1-4-9-14)12-7-13-17(18)15-10-5-2-6-11-15/h1-13,19H. The molecule has 1 heteroatoms. The fraction of sp³-hybridized carbons (Fsp3) is 0. The van der Waals surface area contributed by atoms with Gasteiger partial charge < -0.3 is 0 Å². The summed E-state index contributed by atoms with van der Waals surface area (Å²) >= 11 is 4.73. The molecule has 0 aromatic heterocycles. The molecule has 0 saturated heterocycles. The van der Waals surface area contributed by atoms with Crippen molar-refractivity contribution in [2.45, 2.75) is 4.90 Å². The van der Waals surface area contributed by atoms with E-state index in [9.17, 15) is 0 Å². The molecular weight excluding hydrogens is 248 g/mol. The second-order valence-corrected chi connectivity index (χ2v) is 4.88. The van der Waals surface area contributed by atoms with Crippen LogP contribution in [0.25, 0.3) is 22.3 Å². The van der Waals surface area contributed by atoms with E-state index in [1.165, 1.54) is 22.3 Å². The van der Waals surface area contributed by atoms with E-state index < -0.39 is 0 Å². The molecule has 0 saturated carbocycles. The van der Waals surface area contributed by atoms with Crippen LogP contribution in [-0.2, 0) is 0 Å². The van der Waals surface area contributed by atoms with E-state index in [1.54, 1.807) is 0 Å². The molecule has 0 N–H and O–H groups in total. The van der Waals surface area contributed by atoms with E-state index >= 15 is 0 Å². The van der Waals surface area contributed by atoms with Crippen LogP contribution in [0.15, 0.2) is 83.8 Å². The van der Waals surface area contributed by atoms with Crippen LogP contribution >= 0.6 is 12.6 Å². The van der Waals surface area contributed by atoms with Crippen LogP contribution in [0.1, 0.15) is 0 Å². The van der Waals surface area contributed by atoms with Gasteiger partial charge in [-0.3, -0.25) is 0 Å². The van der Waals surface area contributed by atoms with Gasteiger partial charge in [0.1, 0.15) is 0 Å². The first-order chi connectivity index (χ1) is 9.36. The van der Waals surface area contributed by atoms with Gasteiger partial charge in [0, 0.05) is 4.90 Å². The quantitative estimate of drug-likeness (QED) is 0.594. The SMILES string of the molecule is Sc1c(-c2ccccc2)cccc1-c1ccccc1. The normalized spacial score (nSPS) is 10.4. The Hall–Kier alpha value is -1.99. The highest BCUT2D eigenvalue weighted by Crippen LogP contribution is 2.34. The maximum absolute atomic E-state index is 4.73. The maximum Gasteiger partial charge on any atom is 0.0197 e. The molecule has 0 atom stereocenters. The maximum atomic E-state index is 4.73. The van der Waals surface area contributed by atoms with E-state index in [1.807, 2.05) is 12.1 Å². The third-order valence-corrected chi connectivity index (χ3v) is 3.69. The topological polar surface area (TPSA) is 0 Å². The fourth-order valence-electron chi connectivity index (χ4n) is 2.24. The average molecular weight is 262 g/mol. The Morgan fingerprint density at radius 1 is 0.474 bits per heavy atom. The average Bonchev–Trinajstić information content (AvgIpc) is 2.49. The van der Waals surface area contributed by atoms with E-state index in [0.29, 0.717) is 0 Å². The van der Waals surface area contributed by atoms with Gasteiger partial charge in [-0.05, 0) is 22.3 Å². The van der Waals surface area contributed by atoms with E-state index in [4.69, 9.17) is 12.6 Å². The lowest BCUT2D eigenvalue weighted by molar-refractivity contribution is 1.44. The lowest BCUT2D eigenvalue weighted by Gasteiger charge is -2.11. The molecule has 0 heterocycles. The molecule has 0 spiro atoms. The summed E-state index contributed by atoms with van der Waals surface area (Å²) in [4.78, 5) is 1.03. The Labute approximate surface area is 119 Å². The molecule has 92 valence electrons. The van der Waals surface area contributed by atoms with E-state index in [0.717, 1.165) is 4.90 Å². The van der Waals surface area contributed by atoms with Crippen molar-refractivity contribution in [2.24, 2.45) is 0 Å². The van der Waals surface area contributed by atoms with Crippen molar-refractivity contribution in [2.75, 3.05) is 0 Å². The minimum Gasteiger partial charge on any atom is -0.142 e. The molecule has 3 rings (SSSR count). The Balaban J connectivity index is 2.15. The summed E-state index contributed by atoms with van der Waals surface area (Å²) < 4.78 is 0. The molecule has 0 aliphatic carbocycles. The number of hydrogen-bond acceptors (Lipinski definition) is 1. The Bertz CT molecular complexity index is 615. The third-order valence-electron chi connectivity index (χ3n) is 3.21. The summed E-state index contributed by atoms with van der Waals surface area (Å²) in [6.45, 7) is 0. The summed E-state index contributed by atoms with van der Waals surface area (Å²) in [6.07, 6.45) is 0. The van der Waals surface area contributed by atoms with Crippen LogP contribution in [-0.4, -0.2) is 0 Å². The predicted molar refractivity (Wildman–Crippen MR) is 84.6 cm³/mol. The van der Waals surface area contributed by atoms with Crippen molar-refractivity contribution in [3.8, 4) is 22.3 Å². The molecule has 0 bridgehead atoms. The zero-order valence-corrected chi connectivity index (χ0v) is 11.3. The number of rotatable bonds is 2. The number of thiol groups is 1. The van der Waals surface area contributed by atoms with Gasteiger partial charge in [0.25, 0.3) is 0 Å². The first kappa shape index (κ1) is 12.1. The predicted octanol–water partition coefficient (Wildman–Crippen LogP) is 5.31. The molecule has 19 heavy (non-hydrogen) atoms. The Kier molecular flexibility index (Phi) is 3.39. The molecule has 0 aliphatic heterocycles. The largest absolute Gasteiger partial charge is 0.142 e. The monoisotopic (exact) mass is 262 g/mol. The van der Waals surface area contributed by atoms with Crippen molar-refractivity contribution in [1.29, 1.82) is 0 Å². The summed E-state index contributed by atoms with van der Waals surface area (Å²) in [5.41, 5.74) is 4.74. The minimum atomic E-state index is 1.03. The molecular formula is C18H14S. The lowest BCUT2D eigenvalue weighted by atomic mass is 9.99. The van der Waals surface area contributed by atoms with Crippen LogP contribution in [0.4, 0.5) is 0 Å². The molecule has 0 unspecified atom stereocenters. The molecule has 0 nitrogen and oxygen atoms in total. The van der Waals surface area contributed by atoms with Crippen molar-refractivity contribution < 1.29 is 0 Å². The summed E-state index contributed by atoms with van der Waals surface area (Å²) in [7, 11) is 0. The molecule has 0 amide bonds. The van der Waals surface area contributed by atoms with Gasteiger partial charge in [-0.2, -0.15) is 0 Å². The Morgan fingerprint density at radius 2 is 0.895 bits per heavy atom. The minimum absolute atomic E-state index is 1.03. The van der Waals surface area contributed by atoms with Gasteiger partial charge in [-0.1, -0.05) is 78.9 Å². The van der Waals surface area contributed by atoms with E-state index in [2.05, 4.69) is 66.7 Å². The summed E-state index contributed by atoms with van der Waals surface area (Å²) in [5, 5.41) is 0. The van der Waals surface area contributed by atoms with Crippen LogP contribution < -0.4 is 0 Å². The molecule has 3 aromatic rings. The second kappa shape index (κ2) is 5.33. The third kappa shape index (κ3) is 2.42. The van der Waals surface area contributed by atoms with Crippen molar-refractivity contribution in [3.05, 3.63) is 78.9 Å². The highest BCUT2D eigenvalue weighted by atomic mass is 32.1. The van der Waals surface area contributed by atoms with Gasteiger partial charge in [0.05, 0.1) is 0 Å². The summed E-state index contributed by atoms with van der Waals surface area (Å²) in [5.74, 6) is 0. The van der Waals surface area contributed by atoms with Crippen molar-refractivity contribution >= 4 is 12.6 Å². The van der Waals surface area contributed by atoms with Gasteiger partial charge in [0.15, 0.2) is 0 Å².